The van der Waals surface area contributed by atoms with Gasteiger partial charge in [-0.15, -0.1) is 0 Å². The van der Waals surface area contributed by atoms with E-state index in [4.69, 9.17) is 16.0 Å². The van der Waals surface area contributed by atoms with Crippen LogP contribution in [0.2, 0.25) is 5.02 Å². The van der Waals surface area contributed by atoms with Crippen LogP contribution in [0.15, 0.2) is 40.8 Å². The van der Waals surface area contributed by atoms with E-state index in [0.29, 0.717) is 10.9 Å². The van der Waals surface area contributed by atoms with Crippen molar-refractivity contribution in [3.8, 4) is 11.5 Å². The molecule has 0 radical (unpaired) electrons. The smallest absolute Gasteiger partial charge is 0.227 e. The highest BCUT2D eigenvalue weighted by Crippen LogP contribution is 2.28. The summed E-state index contributed by atoms with van der Waals surface area (Å²) in [6, 6.07) is 11.9. The third-order valence-corrected chi connectivity index (χ3v) is 3.34. The Morgan fingerprint density at radius 1 is 1.11 bits per heavy atom. The van der Waals surface area contributed by atoms with E-state index in [1.165, 1.54) is 5.56 Å². The molecule has 18 heavy (non-hydrogen) atoms. The zero-order valence-corrected chi connectivity index (χ0v) is 11.0. The quantitative estimate of drug-likeness (QED) is 0.628. The number of rotatable bonds is 1. The van der Waals surface area contributed by atoms with E-state index in [2.05, 4.69) is 11.1 Å². The lowest BCUT2D eigenvalue weighted by atomic mass is 10.1. The molecule has 1 heterocycles. The topological polar surface area (TPSA) is 26.0 Å². The zero-order valence-electron chi connectivity index (χ0n) is 10.2. The highest BCUT2D eigenvalue weighted by Gasteiger charge is 2.09. The van der Waals surface area contributed by atoms with Crippen molar-refractivity contribution < 1.29 is 4.42 Å². The number of hydrogen-bond acceptors (Lipinski definition) is 2. The van der Waals surface area contributed by atoms with Crippen molar-refractivity contribution in [2.45, 2.75) is 13.8 Å². The van der Waals surface area contributed by atoms with E-state index in [1.807, 2.05) is 44.2 Å². The highest BCUT2D eigenvalue weighted by molar-refractivity contribution is 6.32. The van der Waals surface area contributed by atoms with Gasteiger partial charge in [-0.3, -0.25) is 0 Å². The first kappa shape index (κ1) is 11.3. The largest absolute Gasteiger partial charge is 0.436 e. The fourth-order valence-corrected chi connectivity index (χ4v) is 2.11. The predicted octanol–water partition coefficient (Wildman–Crippen LogP) is 4.77. The van der Waals surface area contributed by atoms with Gasteiger partial charge in [-0.25, -0.2) is 4.98 Å². The van der Waals surface area contributed by atoms with Gasteiger partial charge in [-0.1, -0.05) is 29.3 Å². The minimum absolute atomic E-state index is 0.635. The van der Waals surface area contributed by atoms with Gasteiger partial charge in [0.05, 0.1) is 0 Å². The second kappa shape index (κ2) is 4.14. The maximum absolute atomic E-state index is 6.08. The molecule has 0 amide bonds. The molecule has 3 heteroatoms. The molecule has 0 atom stereocenters. The third-order valence-electron chi connectivity index (χ3n) is 2.93. The van der Waals surface area contributed by atoms with Crippen LogP contribution in [-0.4, -0.2) is 4.98 Å². The molecular weight excluding hydrogens is 246 g/mol. The summed E-state index contributed by atoms with van der Waals surface area (Å²) in [5, 5.41) is 0.703. The Morgan fingerprint density at radius 3 is 2.72 bits per heavy atom. The predicted molar refractivity (Wildman–Crippen MR) is 73.9 cm³/mol. The summed E-state index contributed by atoms with van der Waals surface area (Å²) >= 11 is 6.08. The van der Waals surface area contributed by atoms with Gasteiger partial charge in [0.15, 0.2) is 5.58 Å². The first-order valence-electron chi connectivity index (χ1n) is 5.77. The molecule has 2 aromatic carbocycles. The van der Waals surface area contributed by atoms with Crippen LogP contribution in [0.5, 0.6) is 0 Å². The van der Waals surface area contributed by atoms with Crippen LogP contribution in [0, 0.1) is 13.8 Å². The molecule has 3 rings (SSSR count). The van der Waals surface area contributed by atoms with E-state index >= 15 is 0 Å². The van der Waals surface area contributed by atoms with Crippen molar-refractivity contribution in [1.29, 1.82) is 0 Å². The van der Waals surface area contributed by atoms with Gasteiger partial charge in [-0.05, 0) is 37.6 Å². The number of fused-ring (bicyclic) bond motifs is 1. The Hall–Kier alpha value is -1.80. The monoisotopic (exact) mass is 257 g/mol. The van der Waals surface area contributed by atoms with Crippen molar-refractivity contribution in [2.24, 2.45) is 0 Å². The van der Waals surface area contributed by atoms with Gasteiger partial charge in [-0.2, -0.15) is 0 Å². The van der Waals surface area contributed by atoms with Gasteiger partial charge in [0.25, 0.3) is 0 Å². The Balaban J connectivity index is 2.19. The summed E-state index contributed by atoms with van der Waals surface area (Å²) in [5.74, 6) is 0.635. The number of nitrogens with zero attached hydrogens (tertiary/aromatic N) is 1. The van der Waals surface area contributed by atoms with E-state index in [0.717, 1.165) is 22.2 Å². The van der Waals surface area contributed by atoms with Crippen molar-refractivity contribution in [2.75, 3.05) is 0 Å². The molecule has 90 valence electrons. The number of halogens is 1. The molecule has 0 saturated heterocycles. The minimum Gasteiger partial charge on any atom is -0.436 e. The van der Waals surface area contributed by atoms with Gasteiger partial charge < -0.3 is 4.42 Å². The maximum Gasteiger partial charge on any atom is 0.227 e. The maximum atomic E-state index is 6.08. The molecule has 2 nitrogen and oxygen atoms in total. The summed E-state index contributed by atoms with van der Waals surface area (Å²) in [7, 11) is 0. The van der Waals surface area contributed by atoms with Crippen molar-refractivity contribution in [1.82, 2.24) is 4.98 Å². The highest BCUT2D eigenvalue weighted by atomic mass is 35.5. The van der Waals surface area contributed by atoms with Crippen LogP contribution in [-0.2, 0) is 0 Å². The molecule has 0 N–H and O–H groups in total. The molecule has 0 unspecified atom stereocenters. The molecule has 1 aromatic heterocycles. The fourth-order valence-electron chi connectivity index (χ4n) is 1.96. The zero-order chi connectivity index (χ0) is 12.7. The molecule has 0 bridgehead atoms. The van der Waals surface area contributed by atoms with Gasteiger partial charge in [0.1, 0.15) is 5.52 Å². The number of oxazole rings is 1. The van der Waals surface area contributed by atoms with Gasteiger partial charge in [0, 0.05) is 16.7 Å². The SMILES string of the molecule is Cc1cccc(-c2nc3cc(C)c(Cl)cc3o2)c1. The second-order valence-corrected chi connectivity index (χ2v) is 4.86. The first-order valence-corrected chi connectivity index (χ1v) is 6.15. The van der Waals surface area contributed by atoms with Crippen molar-refractivity contribution in [3.63, 3.8) is 0 Å². The summed E-state index contributed by atoms with van der Waals surface area (Å²) in [4.78, 5) is 4.50. The normalized spacial score (nSPS) is 11.1. The molecule has 0 spiro atoms. The van der Waals surface area contributed by atoms with Crippen molar-refractivity contribution in [3.05, 3.63) is 52.5 Å². The Morgan fingerprint density at radius 2 is 1.94 bits per heavy atom. The molecule has 0 aliphatic carbocycles. The number of aryl methyl sites for hydroxylation is 2. The Labute approximate surface area is 110 Å². The summed E-state index contributed by atoms with van der Waals surface area (Å²) in [5.41, 5.74) is 4.74. The Bertz CT molecular complexity index is 691. The van der Waals surface area contributed by atoms with Gasteiger partial charge >= 0.3 is 0 Å². The molecule has 0 fully saturated rings. The van der Waals surface area contributed by atoms with E-state index in [9.17, 15) is 0 Å². The molecular formula is C15H12ClNO. The lowest BCUT2D eigenvalue weighted by Crippen LogP contribution is -1.78. The average Bonchev–Trinajstić information content (AvgIpc) is 2.73. The standard InChI is InChI=1S/C15H12ClNO/c1-9-4-3-5-11(6-9)15-17-13-7-10(2)12(16)8-14(13)18-15/h3-8H,1-2H3. The molecule has 0 aliphatic heterocycles. The third kappa shape index (κ3) is 1.89. The molecule has 0 aliphatic rings. The minimum atomic E-state index is 0.635. The number of hydrogen-bond donors (Lipinski definition) is 0. The van der Waals surface area contributed by atoms with Crippen LogP contribution >= 0.6 is 11.6 Å². The van der Waals surface area contributed by atoms with Crippen LogP contribution in [0.25, 0.3) is 22.6 Å². The average molecular weight is 258 g/mol. The van der Waals surface area contributed by atoms with Crippen LogP contribution in [0.3, 0.4) is 0 Å². The fraction of sp³-hybridized carbons (Fsp3) is 0.133. The van der Waals surface area contributed by atoms with E-state index in [-0.39, 0.29) is 0 Å². The Kier molecular flexibility index (Phi) is 2.60. The van der Waals surface area contributed by atoms with E-state index in [1.54, 1.807) is 0 Å². The molecule has 3 aromatic rings. The molecule has 0 saturated carbocycles. The second-order valence-electron chi connectivity index (χ2n) is 4.46. The summed E-state index contributed by atoms with van der Waals surface area (Å²) < 4.78 is 5.75. The van der Waals surface area contributed by atoms with Crippen LogP contribution in [0.4, 0.5) is 0 Å². The van der Waals surface area contributed by atoms with E-state index < -0.39 is 0 Å². The lowest BCUT2D eigenvalue weighted by molar-refractivity contribution is 0.620. The summed E-state index contributed by atoms with van der Waals surface area (Å²) in [6.07, 6.45) is 0. The van der Waals surface area contributed by atoms with Gasteiger partial charge in [0.2, 0.25) is 5.89 Å². The first-order chi connectivity index (χ1) is 8.63. The van der Waals surface area contributed by atoms with Crippen molar-refractivity contribution >= 4 is 22.7 Å². The summed E-state index contributed by atoms with van der Waals surface area (Å²) in [6.45, 7) is 4.01. The van der Waals surface area contributed by atoms with Crippen LogP contribution in [0.1, 0.15) is 11.1 Å². The van der Waals surface area contributed by atoms with Crippen LogP contribution < -0.4 is 0 Å². The number of benzene rings is 2. The number of aromatic nitrogens is 1. The lowest BCUT2D eigenvalue weighted by Gasteiger charge is -1.96.